The molecule has 4 N–H and O–H groups in total. The third-order valence-electron chi connectivity index (χ3n) is 3.59. The number of nitrogens with zero attached hydrogens (tertiary/aromatic N) is 3. The highest BCUT2D eigenvalue weighted by atomic mass is 16.5. The number of aromatic nitrogens is 2. The molecular weight excluding hydrogens is 262 g/mol. The van der Waals surface area contributed by atoms with Crippen LogP contribution in [0.2, 0.25) is 0 Å². The predicted octanol–water partition coefficient (Wildman–Crippen LogP) is -0.420. The first-order valence-electron chi connectivity index (χ1n) is 6.40. The maximum atomic E-state index is 12.4. The van der Waals surface area contributed by atoms with Gasteiger partial charge in [0.15, 0.2) is 5.84 Å². The van der Waals surface area contributed by atoms with Gasteiger partial charge in [0.2, 0.25) is 5.91 Å². The highest BCUT2D eigenvalue weighted by Gasteiger charge is 2.44. The number of nitrogens with two attached hydrogens (primary N) is 1. The van der Waals surface area contributed by atoms with E-state index in [1.165, 1.54) is 0 Å². The van der Waals surface area contributed by atoms with Gasteiger partial charge in [0, 0.05) is 38.6 Å². The lowest BCUT2D eigenvalue weighted by Crippen LogP contribution is -2.52. The minimum absolute atomic E-state index is 0.0653. The third kappa shape index (κ3) is 2.74. The number of aryl methyl sites for hydroxylation is 1. The van der Waals surface area contributed by atoms with Crippen molar-refractivity contribution in [3.63, 3.8) is 0 Å². The molecular formula is C12H19N5O3. The number of carbonyl (C=O) groups is 1. The molecule has 0 bridgehead atoms. The van der Waals surface area contributed by atoms with Gasteiger partial charge < -0.3 is 21.0 Å². The molecule has 0 spiro atoms. The number of amidine groups is 1. The van der Waals surface area contributed by atoms with Crippen LogP contribution in [0.5, 0.6) is 0 Å². The van der Waals surface area contributed by atoms with Crippen LogP contribution in [-0.2, 0) is 23.1 Å². The number of hydrogen-bond acceptors (Lipinski definition) is 5. The van der Waals surface area contributed by atoms with Crippen LogP contribution in [0.3, 0.4) is 0 Å². The number of carbonyl (C=O) groups excluding carboxylic acids is 1. The van der Waals surface area contributed by atoms with E-state index < -0.39 is 5.41 Å². The fraction of sp³-hybridized carbons (Fsp3) is 0.583. The average Bonchev–Trinajstić information content (AvgIpc) is 2.90. The smallest absolute Gasteiger partial charge is 0.234 e. The van der Waals surface area contributed by atoms with Gasteiger partial charge in [-0.1, -0.05) is 5.16 Å². The summed E-state index contributed by atoms with van der Waals surface area (Å²) in [6.07, 6.45) is 4.31. The quantitative estimate of drug-likeness (QED) is 0.300. The van der Waals surface area contributed by atoms with Crippen LogP contribution in [0.1, 0.15) is 18.4 Å². The monoisotopic (exact) mass is 281 g/mol. The van der Waals surface area contributed by atoms with E-state index in [0.29, 0.717) is 32.6 Å². The van der Waals surface area contributed by atoms with Gasteiger partial charge in [0.1, 0.15) is 5.41 Å². The Labute approximate surface area is 116 Å². The SMILES string of the molecule is Cn1cc(CNC(=O)C2(C(N)=NO)CCOCC2)cn1. The summed E-state index contributed by atoms with van der Waals surface area (Å²) >= 11 is 0. The number of rotatable bonds is 4. The summed E-state index contributed by atoms with van der Waals surface area (Å²) in [4.78, 5) is 12.4. The van der Waals surface area contributed by atoms with Crippen LogP contribution < -0.4 is 11.1 Å². The molecule has 1 aliphatic rings. The average molecular weight is 281 g/mol. The Bertz CT molecular complexity index is 505. The van der Waals surface area contributed by atoms with Crippen LogP contribution >= 0.6 is 0 Å². The molecule has 1 fully saturated rings. The summed E-state index contributed by atoms with van der Waals surface area (Å²) in [7, 11) is 1.81. The second kappa shape index (κ2) is 5.91. The van der Waals surface area contributed by atoms with Gasteiger partial charge >= 0.3 is 0 Å². The summed E-state index contributed by atoms with van der Waals surface area (Å²) in [5.74, 6) is -0.315. The Morgan fingerprint density at radius 1 is 1.65 bits per heavy atom. The van der Waals surface area contributed by atoms with Crippen molar-refractivity contribution in [2.24, 2.45) is 23.4 Å². The largest absolute Gasteiger partial charge is 0.409 e. The molecule has 1 aliphatic heterocycles. The maximum Gasteiger partial charge on any atom is 0.234 e. The fourth-order valence-electron chi connectivity index (χ4n) is 2.33. The van der Waals surface area contributed by atoms with Gasteiger partial charge in [0.25, 0.3) is 0 Å². The number of amides is 1. The van der Waals surface area contributed by atoms with Crippen LogP contribution in [-0.4, -0.2) is 39.9 Å². The van der Waals surface area contributed by atoms with E-state index >= 15 is 0 Å². The molecule has 0 atom stereocenters. The standard InChI is InChI=1S/C12H19N5O3/c1-17-8-9(7-15-17)6-14-11(18)12(10(13)16-19)2-4-20-5-3-12/h7-8,19H,2-6H2,1H3,(H2,13,16)(H,14,18). The summed E-state index contributed by atoms with van der Waals surface area (Å²) < 4.78 is 6.91. The topological polar surface area (TPSA) is 115 Å². The Morgan fingerprint density at radius 3 is 2.90 bits per heavy atom. The van der Waals surface area contributed by atoms with E-state index in [-0.39, 0.29) is 11.7 Å². The van der Waals surface area contributed by atoms with Crippen molar-refractivity contribution < 1.29 is 14.7 Å². The minimum atomic E-state index is -0.991. The lowest BCUT2D eigenvalue weighted by molar-refractivity contribution is -0.131. The first-order valence-corrected chi connectivity index (χ1v) is 6.40. The van der Waals surface area contributed by atoms with E-state index in [4.69, 9.17) is 15.7 Å². The van der Waals surface area contributed by atoms with E-state index in [1.807, 2.05) is 13.2 Å². The van der Waals surface area contributed by atoms with Gasteiger partial charge in [0.05, 0.1) is 6.20 Å². The Kier molecular flexibility index (Phi) is 4.23. The van der Waals surface area contributed by atoms with Gasteiger partial charge in [-0.05, 0) is 12.8 Å². The zero-order valence-electron chi connectivity index (χ0n) is 11.4. The zero-order chi connectivity index (χ0) is 14.6. The van der Waals surface area contributed by atoms with Crippen molar-refractivity contribution in [2.75, 3.05) is 13.2 Å². The van der Waals surface area contributed by atoms with Crippen LogP contribution in [0.4, 0.5) is 0 Å². The molecule has 0 aromatic carbocycles. The molecule has 8 heteroatoms. The van der Waals surface area contributed by atoms with Gasteiger partial charge in [-0.25, -0.2) is 0 Å². The number of ether oxygens (including phenoxy) is 1. The third-order valence-corrected chi connectivity index (χ3v) is 3.59. The minimum Gasteiger partial charge on any atom is -0.409 e. The van der Waals surface area contributed by atoms with Crippen LogP contribution in [0, 0.1) is 5.41 Å². The second-order valence-corrected chi connectivity index (χ2v) is 4.88. The molecule has 8 nitrogen and oxygen atoms in total. The summed E-state index contributed by atoms with van der Waals surface area (Å²) in [6.45, 7) is 1.18. The maximum absolute atomic E-state index is 12.4. The van der Waals surface area contributed by atoms with Crippen LogP contribution in [0.25, 0.3) is 0 Å². The number of nitrogens with one attached hydrogen (secondary N) is 1. The summed E-state index contributed by atoms with van der Waals surface area (Å²) in [5, 5.41) is 18.8. The van der Waals surface area contributed by atoms with Crippen molar-refractivity contribution in [3.05, 3.63) is 18.0 Å². The van der Waals surface area contributed by atoms with Crippen molar-refractivity contribution in [2.45, 2.75) is 19.4 Å². The predicted molar refractivity (Wildman–Crippen MR) is 70.9 cm³/mol. The molecule has 0 aliphatic carbocycles. The first kappa shape index (κ1) is 14.3. The summed E-state index contributed by atoms with van der Waals surface area (Å²) in [5.41, 5.74) is 5.62. The molecule has 0 radical (unpaired) electrons. The molecule has 2 heterocycles. The van der Waals surface area contributed by atoms with E-state index in [1.54, 1.807) is 10.9 Å². The molecule has 1 aromatic rings. The molecule has 0 unspecified atom stereocenters. The van der Waals surface area contributed by atoms with Crippen molar-refractivity contribution in [1.82, 2.24) is 15.1 Å². The summed E-state index contributed by atoms with van der Waals surface area (Å²) in [6, 6.07) is 0. The molecule has 2 rings (SSSR count). The van der Waals surface area contributed by atoms with Gasteiger partial charge in [-0.2, -0.15) is 5.10 Å². The molecule has 0 saturated carbocycles. The zero-order valence-corrected chi connectivity index (χ0v) is 11.4. The van der Waals surface area contributed by atoms with Gasteiger partial charge in [-0.15, -0.1) is 0 Å². The Hall–Kier alpha value is -2.09. The van der Waals surface area contributed by atoms with E-state index in [0.717, 1.165) is 5.56 Å². The second-order valence-electron chi connectivity index (χ2n) is 4.88. The highest BCUT2D eigenvalue weighted by molar-refractivity contribution is 6.06. The lowest BCUT2D eigenvalue weighted by atomic mass is 9.78. The van der Waals surface area contributed by atoms with Crippen molar-refractivity contribution in [3.8, 4) is 0 Å². The van der Waals surface area contributed by atoms with Crippen LogP contribution in [0.15, 0.2) is 17.5 Å². The lowest BCUT2D eigenvalue weighted by Gasteiger charge is -2.34. The van der Waals surface area contributed by atoms with Gasteiger partial charge in [-0.3, -0.25) is 9.48 Å². The van der Waals surface area contributed by atoms with E-state index in [9.17, 15) is 4.79 Å². The molecule has 1 saturated heterocycles. The fourth-order valence-corrected chi connectivity index (χ4v) is 2.33. The normalized spacial score (nSPS) is 18.8. The Morgan fingerprint density at radius 2 is 2.35 bits per heavy atom. The number of hydrogen-bond donors (Lipinski definition) is 3. The van der Waals surface area contributed by atoms with Crippen molar-refractivity contribution >= 4 is 11.7 Å². The first-order chi connectivity index (χ1) is 9.58. The highest BCUT2D eigenvalue weighted by Crippen LogP contribution is 2.31. The molecule has 20 heavy (non-hydrogen) atoms. The molecule has 1 amide bonds. The molecule has 1 aromatic heterocycles. The number of oxime groups is 1. The molecule has 110 valence electrons. The van der Waals surface area contributed by atoms with E-state index in [2.05, 4.69) is 15.6 Å². The van der Waals surface area contributed by atoms with Crippen molar-refractivity contribution in [1.29, 1.82) is 0 Å². The Balaban J connectivity index is 2.07.